The van der Waals surface area contributed by atoms with E-state index in [1.54, 1.807) is 17.8 Å². The molecule has 2 aromatic carbocycles. The number of benzene rings is 2. The molecule has 1 saturated heterocycles. The molecule has 156 valence electrons. The Hall–Kier alpha value is -1.90. The number of carboxylic acids is 1. The third kappa shape index (κ3) is 5.81. The minimum Gasteiger partial charge on any atom is -0.480 e. The summed E-state index contributed by atoms with van der Waals surface area (Å²) in [5.41, 5.74) is 1.32. The quantitative estimate of drug-likeness (QED) is 0.391. The summed E-state index contributed by atoms with van der Waals surface area (Å²) in [4.78, 5) is 24.5. The molecule has 1 amide bonds. The molecule has 0 spiro atoms. The first-order valence-electron chi connectivity index (χ1n) is 9.68. The highest BCUT2D eigenvalue weighted by Crippen LogP contribution is 2.25. The van der Waals surface area contributed by atoms with Gasteiger partial charge in [0.1, 0.15) is 6.04 Å². The van der Waals surface area contributed by atoms with Gasteiger partial charge < -0.3 is 21.1 Å². The summed E-state index contributed by atoms with van der Waals surface area (Å²) < 4.78 is 0. The Morgan fingerprint density at radius 2 is 2.14 bits per heavy atom. The second-order valence-corrected chi connectivity index (χ2v) is 8.98. The summed E-state index contributed by atoms with van der Waals surface area (Å²) in [6.07, 6.45) is 3.29. The van der Waals surface area contributed by atoms with Gasteiger partial charge in [-0.3, -0.25) is 4.79 Å². The summed E-state index contributed by atoms with van der Waals surface area (Å²) in [5.74, 6) is -0.715. The maximum atomic E-state index is 13.0. The van der Waals surface area contributed by atoms with Gasteiger partial charge in [0.15, 0.2) is 0 Å². The molecule has 1 aliphatic heterocycles. The number of aliphatic carboxylic acids is 1. The van der Waals surface area contributed by atoms with E-state index < -0.39 is 12.0 Å². The van der Waals surface area contributed by atoms with Gasteiger partial charge >= 0.3 is 5.97 Å². The van der Waals surface area contributed by atoms with Crippen molar-refractivity contribution >= 4 is 52.7 Å². The van der Waals surface area contributed by atoms with Crippen molar-refractivity contribution in [2.75, 3.05) is 30.4 Å². The molecule has 0 bridgehead atoms. The largest absolute Gasteiger partial charge is 0.480 e. The SMILES string of the molecule is CSCC[C@H](NC(=O)c1cc(NC[C@@H]2C[C@H](S)CN2)cc2ccccc12)C(=O)O. The number of rotatable bonds is 9. The van der Waals surface area contributed by atoms with E-state index in [4.69, 9.17) is 0 Å². The lowest BCUT2D eigenvalue weighted by atomic mass is 10.0. The molecule has 8 heteroatoms. The monoisotopic (exact) mass is 433 g/mol. The summed E-state index contributed by atoms with van der Waals surface area (Å²) >= 11 is 6.06. The van der Waals surface area contributed by atoms with Gasteiger partial charge in [-0.05, 0) is 47.8 Å². The molecule has 0 unspecified atom stereocenters. The zero-order valence-electron chi connectivity index (χ0n) is 16.4. The second kappa shape index (κ2) is 10.2. The van der Waals surface area contributed by atoms with Crippen molar-refractivity contribution in [1.82, 2.24) is 10.6 Å². The van der Waals surface area contributed by atoms with E-state index in [-0.39, 0.29) is 5.91 Å². The van der Waals surface area contributed by atoms with Crippen molar-refractivity contribution in [1.29, 1.82) is 0 Å². The number of thioether (sulfide) groups is 1. The van der Waals surface area contributed by atoms with Crippen LogP contribution in [0.25, 0.3) is 10.8 Å². The van der Waals surface area contributed by atoms with Gasteiger partial charge in [0, 0.05) is 35.6 Å². The standard InChI is InChI=1S/C21H27N3O3S2/c1-29-7-6-19(21(26)27)24-20(25)18-10-14(8-13-4-2-3-5-17(13)18)22-11-15-9-16(28)12-23-15/h2-5,8,10,15-16,19,22-23,28H,6-7,9,11-12H2,1H3,(H,24,25)(H,26,27)/t15-,16-,19-/m0/s1. The number of carboxylic acid groups (broad SMARTS) is 1. The molecule has 1 aliphatic rings. The molecule has 4 N–H and O–H groups in total. The van der Waals surface area contributed by atoms with Gasteiger partial charge in [-0.1, -0.05) is 24.3 Å². The maximum Gasteiger partial charge on any atom is 0.326 e. The van der Waals surface area contributed by atoms with Crippen LogP contribution in [-0.4, -0.2) is 59.4 Å². The van der Waals surface area contributed by atoms with Crippen molar-refractivity contribution in [2.24, 2.45) is 0 Å². The average molecular weight is 434 g/mol. The summed E-state index contributed by atoms with van der Waals surface area (Å²) in [6.45, 7) is 1.63. The van der Waals surface area contributed by atoms with Crippen molar-refractivity contribution in [2.45, 2.75) is 30.2 Å². The zero-order valence-corrected chi connectivity index (χ0v) is 18.1. The molecule has 0 radical (unpaired) electrons. The van der Waals surface area contributed by atoms with Crippen LogP contribution in [0.1, 0.15) is 23.2 Å². The van der Waals surface area contributed by atoms with Crippen molar-refractivity contribution in [3.8, 4) is 0 Å². The fourth-order valence-corrected chi connectivity index (χ4v) is 4.36. The van der Waals surface area contributed by atoms with Crippen LogP contribution in [0.4, 0.5) is 5.69 Å². The minimum atomic E-state index is -1.01. The number of carbonyl (C=O) groups is 2. The van der Waals surface area contributed by atoms with E-state index in [2.05, 4.69) is 28.6 Å². The second-order valence-electron chi connectivity index (χ2n) is 7.27. The molecule has 0 aliphatic carbocycles. The van der Waals surface area contributed by atoms with Gasteiger partial charge in [0.25, 0.3) is 5.91 Å². The number of nitrogens with one attached hydrogen (secondary N) is 3. The fourth-order valence-electron chi connectivity index (χ4n) is 3.52. The first-order chi connectivity index (χ1) is 14.0. The molecule has 0 aromatic heterocycles. The van der Waals surface area contributed by atoms with Crippen LogP contribution in [0.3, 0.4) is 0 Å². The van der Waals surface area contributed by atoms with Crippen LogP contribution in [0.15, 0.2) is 36.4 Å². The number of hydrogen-bond acceptors (Lipinski definition) is 6. The number of fused-ring (bicyclic) bond motifs is 1. The molecule has 29 heavy (non-hydrogen) atoms. The highest BCUT2D eigenvalue weighted by Gasteiger charge is 2.23. The van der Waals surface area contributed by atoms with Crippen LogP contribution < -0.4 is 16.0 Å². The lowest BCUT2D eigenvalue weighted by Crippen LogP contribution is -2.41. The third-order valence-corrected chi connectivity index (χ3v) is 6.11. The highest BCUT2D eigenvalue weighted by atomic mass is 32.2. The molecular formula is C21H27N3O3S2. The van der Waals surface area contributed by atoms with Crippen molar-refractivity contribution in [3.63, 3.8) is 0 Å². The Morgan fingerprint density at radius 1 is 1.34 bits per heavy atom. The van der Waals surface area contributed by atoms with Crippen LogP contribution in [0.5, 0.6) is 0 Å². The Morgan fingerprint density at radius 3 is 2.83 bits per heavy atom. The van der Waals surface area contributed by atoms with Crippen molar-refractivity contribution in [3.05, 3.63) is 42.0 Å². The summed E-state index contributed by atoms with van der Waals surface area (Å²) in [7, 11) is 0. The molecular weight excluding hydrogens is 406 g/mol. The molecule has 0 saturated carbocycles. The predicted molar refractivity (Wildman–Crippen MR) is 124 cm³/mol. The van der Waals surface area contributed by atoms with Gasteiger partial charge in [-0.15, -0.1) is 0 Å². The van der Waals surface area contributed by atoms with E-state index in [0.29, 0.717) is 29.0 Å². The zero-order chi connectivity index (χ0) is 20.8. The average Bonchev–Trinajstić information content (AvgIpc) is 3.13. The van der Waals surface area contributed by atoms with E-state index >= 15 is 0 Å². The lowest BCUT2D eigenvalue weighted by Gasteiger charge is -2.17. The van der Waals surface area contributed by atoms with Crippen LogP contribution in [0.2, 0.25) is 0 Å². The maximum absolute atomic E-state index is 13.0. The normalized spacial score (nSPS) is 19.8. The summed E-state index contributed by atoms with van der Waals surface area (Å²) in [6, 6.07) is 10.9. The Bertz CT molecular complexity index is 877. The van der Waals surface area contributed by atoms with Crippen LogP contribution >= 0.6 is 24.4 Å². The fraction of sp³-hybridized carbons (Fsp3) is 0.429. The smallest absolute Gasteiger partial charge is 0.326 e. The molecule has 3 atom stereocenters. The predicted octanol–water partition coefficient (Wildman–Crippen LogP) is 2.85. The number of hydrogen-bond donors (Lipinski definition) is 5. The molecule has 3 rings (SSSR count). The molecule has 2 aromatic rings. The van der Waals surface area contributed by atoms with E-state index in [1.165, 1.54) is 0 Å². The third-order valence-electron chi connectivity index (χ3n) is 5.07. The number of amides is 1. The number of anilines is 1. The Kier molecular flexibility index (Phi) is 7.69. The molecule has 1 fully saturated rings. The van der Waals surface area contributed by atoms with E-state index in [9.17, 15) is 14.7 Å². The molecule has 1 heterocycles. The van der Waals surface area contributed by atoms with Gasteiger partial charge in [-0.25, -0.2) is 4.79 Å². The molecule has 6 nitrogen and oxygen atoms in total. The first-order valence-corrected chi connectivity index (χ1v) is 11.6. The first kappa shape index (κ1) is 21.8. The number of thiol groups is 1. The van der Waals surface area contributed by atoms with Gasteiger partial charge in [0.05, 0.1) is 0 Å². The van der Waals surface area contributed by atoms with Crippen LogP contribution in [0, 0.1) is 0 Å². The highest BCUT2D eigenvalue weighted by molar-refractivity contribution is 7.98. The topological polar surface area (TPSA) is 90.5 Å². The number of carbonyl (C=O) groups excluding carboxylic acids is 1. The van der Waals surface area contributed by atoms with E-state index in [1.807, 2.05) is 36.6 Å². The Labute approximate surface area is 180 Å². The minimum absolute atomic E-state index is 0.337. The van der Waals surface area contributed by atoms with Crippen molar-refractivity contribution < 1.29 is 14.7 Å². The van der Waals surface area contributed by atoms with Gasteiger partial charge in [-0.2, -0.15) is 24.4 Å². The lowest BCUT2D eigenvalue weighted by molar-refractivity contribution is -0.139. The van der Waals surface area contributed by atoms with Crippen LogP contribution in [-0.2, 0) is 4.79 Å². The van der Waals surface area contributed by atoms with E-state index in [0.717, 1.165) is 36.0 Å². The Balaban J connectivity index is 1.81. The summed E-state index contributed by atoms with van der Waals surface area (Å²) in [5, 5.41) is 21.1. The van der Waals surface area contributed by atoms with Gasteiger partial charge in [0.2, 0.25) is 0 Å².